The normalized spacial score (nSPS) is 17.3. The van der Waals surface area contributed by atoms with Crippen LogP contribution in [0, 0.1) is 12.3 Å². The van der Waals surface area contributed by atoms with Gasteiger partial charge in [-0.1, -0.05) is 44.0 Å². The highest BCUT2D eigenvalue weighted by molar-refractivity contribution is 8.13. The van der Waals surface area contributed by atoms with Gasteiger partial charge in [0.2, 0.25) is 5.91 Å². The number of amides is 1. The second-order valence-electron chi connectivity index (χ2n) is 6.17. The first kappa shape index (κ1) is 16.1. The highest BCUT2D eigenvalue weighted by atomic mass is 32.2. The summed E-state index contributed by atoms with van der Waals surface area (Å²) in [6, 6.07) is 5.80. The lowest BCUT2D eigenvalue weighted by molar-refractivity contribution is -0.126. The van der Waals surface area contributed by atoms with Gasteiger partial charge in [-0.2, -0.15) is 0 Å². The Kier molecular flexibility index (Phi) is 5.09. The number of thioether (sulfide) groups is 1. The van der Waals surface area contributed by atoms with Crippen LogP contribution in [0.3, 0.4) is 0 Å². The van der Waals surface area contributed by atoms with E-state index in [0.717, 1.165) is 41.8 Å². The fourth-order valence-corrected chi connectivity index (χ4v) is 3.48. The summed E-state index contributed by atoms with van der Waals surface area (Å²) in [6.45, 7) is 5.58. The van der Waals surface area contributed by atoms with E-state index >= 15 is 0 Å². The molecule has 1 aromatic carbocycles. The fourth-order valence-electron chi connectivity index (χ4n) is 2.82. The molecule has 2 rings (SSSR count). The van der Waals surface area contributed by atoms with Crippen LogP contribution < -0.4 is 5.32 Å². The van der Waals surface area contributed by atoms with Crippen molar-refractivity contribution < 1.29 is 9.59 Å². The summed E-state index contributed by atoms with van der Waals surface area (Å²) in [5.74, 6) is 0.0817. The van der Waals surface area contributed by atoms with Crippen molar-refractivity contribution in [2.45, 2.75) is 57.8 Å². The lowest BCUT2D eigenvalue weighted by Gasteiger charge is -2.32. The van der Waals surface area contributed by atoms with Crippen LogP contribution in [0.15, 0.2) is 23.1 Å². The Bertz CT molecular complexity index is 548. The number of aryl methyl sites for hydroxylation is 1. The largest absolute Gasteiger partial charge is 0.325 e. The van der Waals surface area contributed by atoms with Crippen LogP contribution in [0.5, 0.6) is 0 Å². The summed E-state index contributed by atoms with van der Waals surface area (Å²) in [5.41, 5.74) is 1.55. The van der Waals surface area contributed by atoms with Crippen molar-refractivity contribution in [1.29, 1.82) is 0 Å². The molecule has 114 valence electrons. The first-order valence-electron chi connectivity index (χ1n) is 7.51. The van der Waals surface area contributed by atoms with Gasteiger partial charge in [0.25, 0.3) is 0 Å². The van der Waals surface area contributed by atoms with E-state index < -0.39 is 0 Å². The predicted molar refractivity (Wildman–Crippen MR) is 87.5 cm³/mol. The molecule has 0 aromatic heterocycles. The molecular formula is C17H23NO2S. The van der Waals surface area contributed by atoms with Crippen LogP contribution in [0.4, 0.5) is 5.69 Å². The summed E-state index contributed by atoms with van der Waals surface area (Å²) in [7, 11) is 0. The fraction of sp³-hybridized carbons (Fsp3) is 0.529. The molecule has 1 aliphatic carbocycles. The molecule has 0 unspecified atom stereocenters. The van der Waals surface area contributed by atoms with Crippen LogP contribution in [0.25, 0.3) is 0 Å². The average molecular weight is 305 g/mol. The molecule has 21 heavy (non-hydrogen) atoms. The number of carbonyl (C=O) groups is 2. The van der Waals surface area contributed by atoms with Gasteiger partial charge in [0.15, 0.2) is 5.12 Å². The van der Waals surface area contributed by atoms with E-state index in [1.807, 2.05) is 25.1 Å². The van der Waals surface area contributed by atoms with Crippen LogP contribution in [-0.4, -0.2) is 11.0 Å². The van der Waals surface area contributed by atoms with Crippen LogP contribution in [-0.2, 0) is 9.59 Å². The lowest BCUT2D eigenvalue weighted by Crippen LogP contribution is -2.35. The molecule has 0 atom stereocenters. The van der Waals surface area contributed by atoms with Gasteiger partial charge >= 0.3 is 0 Å². The van der Waals surface area contributed by atoms with E-state index in [4.69, 9.17) is 0 Å². The minimum absolute atomic E-state index is 0.0261. The van der Waals surface area contributed by atoms with Gasteiger partial charge in [0.1, 0.15) is 0 Å². The van der Waals surface area contributed by atoms with Gasteiger partial charge in [-0.05, 0) is 37.5 Å². The van der Waals surface area contributed by atoms with Gasteiger partial charge in [0, 0.05) is 17.2 Å². The van der Waals surface area contributed by atoms with Crippen LogP contribution in [0.2, 0.25) is 0 Å². The minimum atomic E-state index is -0.278. The minimum Gasteiger partial charge on any atom is -0.325 e. The molecule has 0 saturated heterocycles. The molecule has 1 saturated carbocycles. The van der Waals surface area contributed by atoms with Crippen LogP contribution in [0.1, 0.15) is 51.5 Å². The second-order valence-corrected chi connectivity index (χ2v) is 7.39. The highest BCUT2D eigenvalue weighted by Gasteiger charge is 2.34. The summed E-state index contributed by atoms with van der Waals surface area (Å²) in [4.78, 5) is 24.8. The van der Waals surface area contributed by atoms with Crippen molar-refractivity contribution in [3.63, 3.8) is 0 Å². The van der Waals surface area contributed by atoms with Crippen molar-refractivity contribution in [2.24, 2.45) is 5.41 Å². The van der Waals surface area contributed by atoms with Crippen molar-refractivity contribution in [3.8, 4) is 0 Å². The lowest BCUT2D eigenvalue weighted by atomic mass is 9.75. The number of anilines is 1. The van der Waals surface area contributed by atoms with Crippen LogP contribution >= 0.6 is 11.8 Å². The summed E-state index contributed by atoms with van der Waals surface area (Å²) in [5, 5.41) is 3.08. The zero-order valence-corrected chi connectivity index (χ0v) is 13.8. The maximum absolute atomic E-state index is 12.6. The Hall–Kier alpha value is -1.29. The Labute approximate surface area is 130 Å². The third kappa shape index (κ3) is 4.10. The molecule has 0 bridgehead atoms. The first-order chi connectivity index (χ1) is 9.90. The number of hydrogen-bond donors (Lipinski definition) is 1. The van der Waals surface area contributed by atoms with E-state index in [9.17, 15) is 9.59 Å². The number of rotatable bonds is 3. The monoisotopic (exact) mass is 305 g/mol. The quantitative estimate of drug-likeness (QED) is 0.834. The third-order valence-corrected chi connectivity index (χ3v) is 5.01. The molecule has 1 N–H and O–H groups in total. The molecule has 0 heterocycles. The second kappa shape index (κ2) is 6.65. The molecule has 1 amide bonds. The summed E-state index contributed by atoms with van der Waals surface area (Å²) >= 11 is 1.17. The summed E-state index contributed by atoms with van der Waals surface area (Å²) in [6.07, 6.45) is 5.35. The number of nitrogens with one attached hydrogen (secondary N) is 1. The molecule has 3 nitrogen and oxygen atoms in total. The van der Waals surface area contributed by atoms with Gasteiger partial charge < -0.3 is 5.32 Å². The first-order valence-corrected chi connectivity index (χ1v) is 8.33. The van der Waals surface area contributed by atoms with Gasteiger partial charge in [0.05, 0.1) is 5.69 Å². The Morgan fingerprint density at radius 3 is 2.48 bits per heavy atom. The molecule has 1 aliphatic rings. The van der Waals surface area contributed by atoms with E-state index in [-0.39, 0.29) is 16.4 Å². The number of hydrogen-bond acceptors (Lipinski definition) is 3. The number of benzene rings is 1. The zero-order valence-electron chi connectivity index (χ0n) is 13.0. The molecule has 1 fully saturated rings. The number of carbonyl (C=O) groups excluding carboxylic acids is 2. The van der Waals surface area contributed by atoms with Crippen molar-refractivity contribution in [1.82, 2.24) is 0 Å². The Morgan fingerprint density at radius 2 is 1.86 bits per heavy atom. The third-order valence-electron chi connectivity index (χ3n) is 4.14. The molecule has 0 aliphatic heterocycles. The highest BCUT2D eigenvalue weighted by Crippen LogP contribution is 2.38. The van der Waals surface area contributed by atoms with E-state index in [2.05, 4.69) is 12.2 Å². The molecule has 0 radical (unpaired) electrons. The van der Waals surface area contributed by atoms with Crippen molar-refractivity contribution in [2.75, 3.05) is 5.32 Å². The molecule has 0 spiro atoms. The van der Waals surface area contributed by atoms with Gasteiger partial charge in [-0.25, -0.2) is 0 Å². The van der Waals surface area contributed by atoms with E-state index in [1.165, 1.54) is 18.2 Å². The maximum Gasteiger partial charge on any atom is 0.230 e. The average Bonchev–Trinajstić information content (AvgIpc) is 2.42. The molecular weight excluding hydrogens is 282 g/mol. The SMILES string of the molecule is CC(=O)Sc1ccc(C)cc1NC(=O)C1(C)CCCCC1. The summed E-state index contributed by atoms with van der Waals surface area (Å²) < 4.78 is 0. The van der Waals surface area contributed by atoms with E-state index in [0.29, 0.717) is 0 Å². The van der Waals surface area contributed by atoms with E-state index in [1.54, 1.807) is 6.92 Å². The molecule has 4 heteroatoms. The topological polar surface area (TPSA) is 46.2 Å². The predicted octanol–water partition coefficient (Wildman–Crippen LogP) is 4.54. The van der Waals surface area contributed by atoms with Crippen molar-refractivity contribution >= 4 is 28.5 Å². The Morgan fingerprint density at radius 1 is 1.19 bits per heavy atom. The Balaban J connectivity index is 2.19. The standard InChI is InChI=1S/C17H23NO2S/c1-12-7-8-15(21-13(2)19)14(11-12)18-16(20)17(3)9-5-4-6-10-17/h7-8,11H,4-6,9-10H2,1-3H3,(H,18,20). The zero-order chi connectivity index (χ0) is 15.5. The smallest absolute Gasteiger partial charge is 0.230 e. The molecule has 1 aromatic rings. The van der Waals surface area contributed by atoms with Crippen molar-refractivity contribution in [3.05, 3.63) is 23.8 Å². The van der Waals surface area contributed by atoms with Gasteiger partial charge in [-0.15, -0.1) is 0 Å². The maximum atomic E-state index is 12.6. The van der Waals surface area contributed by atoms with Gasteiger partial charge in [-0.3, -0.25) is 9.59 Å².